The van der Waals surface area contributed by atoms with Gasteiger partial charge in [-0.2, -0.15) is 5.26 Å². The van der Waals surface area contributed by atoms with Crippen molar-refractivity contribution in [1.82, 2.24) is 10.2 Å². The Kier molecular flexibility index (Phi) is 3.30. The third-order valence-corrected chi connectivity index (χ3v) is 2.47. The zero-order chi connectivity index (χ0) is 11.5. The van der Waals surface area contributed by atoms with E-state index in [1.807, 2.05) is 13.0 Å². The summed E-state index contributed by atoms with van der Waals surface area (Å²) in [6.45, 7) is 2.39. The second-order valence-corrected chi connectivity index (χ2v) is 3.81. The summed E-state index contributed by atoms with van der Waals surface area (Å²) in [4.78, 5) is 24.2. The first kappa shape index (κ1) is 11.5. The third kappa shape index (κ3) is 2.46. The molecular formula is C10H15N3O2. The Balaban J connectivity index is 2.48. The molecule has 2 amide bonds. The van der Waals surface area contributed by atoms with Gasteiger partial charge >= 0.3 is 0 Å². The second kappa shape index (κ2) is 4.30. The molecule has 0 atom stereocenters. The zero-order valence-electron chi connectivity index (χ0n) is 9.04. The molecule has 0 aromatic rings. The number of hydrogen-bond acceptors (Lipinski definition) is 3. The number of carbonyl (C=O) groups is 2. The average Bonchev–Trinajstić information content (AvgIpc) is 2.97. The number of rotatable bonds is 4. The summed E-state index contributed by atoms with van der Waals surface area (Å²) in [6.07, 6.45) is 1.23. The van der Waals surface area contributed by atoms with Crippen molar-refractivity contribution in [3.8, 4) is 6.07 Å². The SMILES string of the molecule is CCNC(=O)CN(C)C(=O)C1(C#N)CC1. The fourth-order valence-corrected chi connectivity index (χ4v) is 1.40. The van der Waals surface area contributed by atoms with Crippen molar-refractivity contribution in [2.45, 2.75) is 19.8 Å². The van der Waals surface area contributed by atoms with Crippen LogP contribution < -0.4 is 5.32 Å². The molecule has 1 aliphatic rings. The van der Waals surface area contributed by atoms with Crippen LogP contribution in [0.5, 0.6) is 0 Å². The molecule has 0 spiro atoms. The highest BCUT2D eigenvalue weighted by Gasteiger charge is 2.52. The Labute approximate surface area is 89.0 Å². The van der Waals surface area contributed by atoms with Crippen LogP contribution in [0.25, 0.3) is 0 Å². The molecule has 0 aliphatic heterocycles. The molecule has 0 aromatic carbocycles. The van der Waals surface area contributed by atoms with Crippen molar-refractivity contribution in [2.24, 2.45) is 5.41 Å². The molecule has 0 saturated heterocycles. The van der Waals surface area contributed by atoms with Crippen LogP contribution in [0.15, 0.2) is 0 Å². The molecule has 15 heavy (non-hydrogen) atoms. The summed E-state index contributed by atoms with van der Waals surface area (Å²) >= 11 is 0. The van der Waals surface area contributed by atoms with Crippen molar-refractivity contribution < 1.29 is 9.59 Å². The van der Waals surface area contributed by atoms with E-state index in [0.717, 1.165) is 0 Å². The van der Waals surface area contributed by atoms with Crippen LogP contribution in [-0.2, 0) is 9.59 Å². The molecule has 0 unspecified atom stereocenters. The number of carbonyl (C=O) groups excluding carboxylic acids is 2. The average molecular weight is 209 g/mol. The van der Waals surface area contributed by atoms with Crippen molar-refractivity contribution in [3.63, 3.8) is 0 Å². The molecule has 1 aliphatic carbocycles. The highest BCUT2D eigenvalue weighted by atomic mass is 16.2. The summed E-state index contributed by atoms with van der Waals surface area (Å²) in [5, 5.41) is 11.4. The van der Waals surface area contributed by atoms with Crippen LogP contribution >= 0.6 is 0 Å². The Hall–Kier alpha value is -1.57. The predicted octanol–water partition coefficient (Wildman–Crippen LogP) is -0.115. The molecule has 0 bridgehead atoms. The third-order valence-electron chi connectivity index (χ3n) is 2.47. The first-order valence-corrected chi connectivity index (χ1v) is 4.99. The number of hydrogen-bond donors (Lipinski definition) is 1. The van der Waals surface area contributed by atoms with Gasteiger partial charge in [-0.25, -0.2) is 0 Å². The molecule has 1 fully saturated rings. The molecule has 1 rings (SSSR count). The first-order chi connectivity index (χ1) is 7.05. The molecule has 0 heterocycles. The van der Waals surface area contributed by atoms with Gasteiger partial charge in [0.2, 0.25) is 11.8 Å². The standard InChI is InChI=1S/C10H15N3O2/c1-3-12-8(14)6-13(2)9(15)10(7-11)4-5-10/h3-6H2,1-2H3,(H,12,14). The minimum Gasteiger partial charge on any atom is -0.355 e. The molecule has 82 valence electrons. The van der Waals surface area contributed by atoms with Gasteiger partial charge in [-0.3, -0.25) is 9.59 Å². The molecule has 0 radical (unpaired) electrons. The van der Waals surface area contributed by atoms with E-state index in [2.05, 4.69) is 5.32 Å². The zero-order valence-corrected chi connectivity index (χ0v) is 9.04. The Morgan fingerprint density at radius 2 is 2.13 bits per heavy atom. The summed E-state index contributed by atoms with van der Waals surface area (Å²) in [6, 6.07) is 2.02. The van der Waals surface area contributed by atoms with Crippen LogP contribution in [0.2, 0.25) is 0 Å². The van der Waals surface area contributed by atoms with Crippen LogP contribution in [0.1, 0.15) is 19.8 Å². The van der Waals surface area contributed by atoms with Gasteiger partial charge in [0.25, 0.3) is 0 Å². The Morgan fingerprint density at radius 1 is 1.53 bits per heavy atom. The smallest absolute Gasteiger partial charge is 0.243 e. The summed E-state index contributed by atoms with van der Waals surface area (Å²) in [7, 11) is 1.55. The predicted molar refractivity (Wildman–Crippen MR) is 53.6 cm³/mol. The number of nitriles is 1. The van der Waals surface area contributed by atoms with Gasteiger partial charge in [0.15, 0.2) is 0 Å². The Morgan fingerprint density at radius 3 is 2.53 bits per heavy atom. The van der Waals surface area contributed by atoms with E-state index in [-0.39, 0.29) is 18.4 Å². The highest BCUT2D eigenvalue weighted by molar-refractivity contribution is 5.91. The lowest BCUT2D eigenvalue weighted by molar-refractivity contribution is -0.137. The van der Waals surface area contributed by atoms with Gasteiger partial charge in [0, 0.05) is 13.6 Å². The van der Waals surface area contributed by atoms with E-state index in [9.17, 15) is 9.59 Å². The van der Waals surface area contributed by atoms with E-state index in [1.165, 1.54) is 4.90 Å². The van der Waals surface area contributed by atoms with Crippen molar-refractivity contribution in [2.75, 3.05) is 20.1 Å². The van der Waals surface area contributed by atoms with Crippen molar-refractivity contribution in [3.05, 3.63) is 0 Å². The number of nitrogens with one attached hydrogen (secondary N) is 1. The molecule has 1 saturated carbocycles. The van der Waals surface area contributed by atoms with E-state index in [4.69, 9.17) is 5.26 Å². The molecule has 1 N–H and O–H groups in total. The van der Waals surface area contributed by atoms with E-state index in [0.29, 0.717) is 19.4 Å². The molecule has 5 nitrogen and oxygen atoms in total. The summed E-state index contributed by atoms with van der Waals surface area (Å²) in [5.74, 6) is -0.432. The monoisotopic (exact) mass is 209 g/mol. The van der Waals surface area contributed by atoms with E-state index in [1.54, 1.807) is 7.05 Å². The fourth-order valence-electron chi connectivity index (χ4n) is 1.40. The normalized spacial score (nSPS) is 16.3. The molecule has 0 aromatic heterocycles. The van der Waals surface area contributed by atoms with Crippen LogP contribution in [0.3, 0.4) is 0 Å². The quantitative estimate of drug-likeness (QED) is 0.701. The lowest BCUT2D eigenvalue weighted by Gasteiger charge is -2.18. The maximum Gasteiger partial charge on any atom is 0.243 e. The topological polar surface area (TPSA) is 73.2 Å². The molecular weight excluding hydrogens is 194 g/mol. The maximum absolute atomic E-state index is 11.7. The fraction of sp³-hybridized carbons (Fsp3) is 0.700. The van der Waals surface area contributed by atoms with Gasteiger partial charge in [0.05, 0.1) is 12.6 Å². The lowest BCUT2D eigenvalue weighted by Crippen LogP contribution is -2.41. The molecule has 5 heteroatoms. The van der Waals surface area contributed by atoms with Gasteiger partial charge < -0.3 is 10.2 Å². The maximum atomic E-state index is 11.7. The van der Waals surface area contributed by atoms with Crippen LogP contribution in [-0.4, -0.2) is 36.9 Å². The van der Waals surface area contributed by atoms with Crippen molar-refractivity contribution in [1.29, 1.82) is 5.26 Å². The van der Waals surface area contributed by atoms with Gasteiger partial charge in [-0.1, -0.05) is 0 Å². The largest absolute Gasteiger partial charge is 0.355 e. The number of amides is 2. The van der Waals surface area contributed by atoms with E-state index >= 15 is 0 Å². The van der Waals surface area contributed by atoms with Gasteiger partial charge in [-0.15, -0.1) is 0 Å². The van der Waals surface area contributed by atoms with E-state index < -0.39 is 5.41 Å². The minimum atomic E-state index is -0.832. The first-order valence-electron chi connectivity index (χ1n) is 4.99. The lowest BCUT2D eigenvalue weighted by atomic mass is 10.1. The highest BCUT2D eigenvalue weighted by Crippen LogP contribution is 2.46. The van der Waals surface area contributed by atoms with Gasteiger partial charge in [-0.05, 0) is 19.8 Å². The summed E-state index contributed by atoms with van der Waals surface area (Å²) < 4.78 is 0. The van der Waals surface area contributed by atoms with Crippen LogP contribution in [0, 0.1) is 16.7 Å². The van der Waals surface area contributed by atoms with Crippen LogP contribution in [0.4, 0.5) is 0 Å². The second-order valence-electron chi connectivity index (χ2n) is 3.81. The minimum absolute atomic E-state index is 0.0239. The van der Waals surface area contributed by atoms with Crippen molar-refractivity contribution >= 4 is 11.8 Å². The van der Waals surface area contributed by atoms with Gasteiger partial charge in [0.1, 0.15) is 5.41 Å². The number of likely N-dealkylation sites (N-methyl/N-ethyl adjacent to an activating group) is 2. The number of nitrogens with zero attached hydrogens (tertiary/aromatic N) is 2. The Bertz CT molecular complexity index is 315. The summed E-state index contributed by atoms with van der Waals surface area (Å²) in [5.41, 5.74) is -0.832.